The molecule has 1 atom stereocenters. The van der Waals surface area contributed by atoms with E-state index in [-0.39, 0.29) is 17.6 Å². The number of rotatable bonds is 6. The van der Waals surface area contributed by atoms with Gasteiger partial charge in [-0.05, 0) is 88.4 Å². The second-order valence-corrected chi connectivity index (χ2v) is 9.94. The second kappa shape index (κ2) is 6.94. The fraction of sp³-hybridized carbons (Fsp3) is 0.696. The van der Waals surface area contributed by atoms with Crippen molar-refractivity contribution >= 4 is 5.91 Å². The minimum Gasteiger partial charge on any atom is -0.358 e. The van der Waals surface area contributed by atoms with Crippen LogP contribution in [0.1, 0.15) is 51.9 Å². The number of amides is 1. The summed E-state index contributed by atoms with van der Waals surface area (Å²) in [6, 6.07) is 0. The zero-order valence-corrected chi connectivity index (χ0v) is 17.3. The summed E-state index contributed by atoms with van der Waals surface area (Å²) in [6.45, 7) is 4.11. The third-order valence-electron chi connectivity index (χ3n) is 7.50. The Labute approximate surface area is 168 Å². The van der Waals surface area contributed by atoms with Crippen molar-refractivity contribution in [2.75, 3.05) is 20.1 Å². The first kappa shape index (κ1) is 18.3. The van der Waals surface area contributed by atoms with E-state index in [2.05, 4.69) is 46.6 Å². The SMILES string of the molecule is CCCN(C)CC1=C2C=CC=CN2C(C(=O)NC23CC4CC(CC(C4)C2)C3)N1. The number of hydrogen-bond acceptors (Lipinski definition) is 4. The summed E-state index contributed by atoms with van der Waals surface area (Å²) in [5, 5.41) is 7.11. The molecule has 4 bridgehead atoms. The predicted octanol–water partition coefficient (Wildman–Crippen LogP) is 2.94. The van der Waals surface area contributed by atoms with Crippen LogP contribution >= 0.6 is 0 Å². The lowest BCUT2D eigenvalue weighted by molar-refractivity contribution is -0.131. The highest BCUT2D eigenvalue weighted by Crippen LogP contribution is 2.55. The number of carbonyl (C=O) groups is 1. The van der Waals surface area contributed by atoms with Gasteiger partial charge in [0.25, 0.3) is 5.91 Å². The summed E-state index contributed by atoms with van der Waals surface area (Å²) in [5.41, 5.74) is 2.35. The Morgan fingerprint density at radius 3 is 2.54 bits per heavy atom. The summed E-state index contributed by atoms with van der Waals surface area (Å²) >= 11 is 0. The van der Waals surface area contributed by atoms with Crippen molar-refractivity contribution in [3.05, 3.63) is 35.8 Å². The van der Waals surface area contributed by atoms with Crippen molar-refractivity contribution < 1.29 is 4.79 Å². The van der Waals surface area contributed by atoms with Crippen LogP contribution < -0.4 is 10.6 Å². The lowest BCUT2D eigenvalue weighted by atomic mass is 9.53. The van der Waals surface area contributed by atoms with Crippen molar-refractivity contribution in [1.29, 1.82) is 0 Å². The van der Waals surface area contributed by atoms with Gasteiger partial charge in [-0.3, -0.25) is 4.79 Å². The molecule has 4 fully saturated rings. The fourth-order valence-electron chi connectivity index (χ4n) is 6.89. The number of nitrogens with zero attached hydrogens (tertiary/aromatic N) is 2. The summed E-state index contributed by atoms with van der Waals surface area (Å²) in [5.74, 6) is 2.67. The van der Waals surface area contributed by atoms with E-state index in [9.17, 15) is 4.79 Å². The van der Waals surface area contributed by atoms with Crippen LogP contribution in [0.4, 0.5) is 0 Å². The van der Waals surface area contributed by atoms with Crippen molar-refractivity contribution in [2.45, 2.75) is 63.6 Å². The average molecular weight is 383 g/mol. The van der Waals surface area contributed by atoms with Crippen LogP contribution in [0.15, 0.2) is 35.8 Å². The highest BCUT2D eigenvalue weighted by molar-refractivity contribution is 5.84. The molecule has 4 aliphatic carbocycles. The molecule has 4 saturated carbocycles. The predicted molar refractivity (Wildman–Crippen MR) is 111 cm³/mol. The summed E-state index contributed by atoms with van der Waals surface area (Å²) in [6.07, 6.45) is 16.8. The van der Waals surface area contributed by atoms with Crippen LogP contribution in [-0.2, 0) is 4.79 Å². The van der Waals surface area contributed by atoms with Gasteiger partial charge in [0, 0.05) is 18.3 Å². The van der Waals surface area contributed by atoms with Crippen LogP contribution in [0.2, 0.25) is 0 Å². The summed E-state index contributed by atoms with van der Waals surface area (Å²) < 4.78 is 0. The van der Waals surface area contributed by atoms with Gasteiger partial charge in [-0.2, -0.15) is 0 Å². The van der Waals surface area contributed by atoms with E-state index in [1.54, 1.807) is 0 Å². The molecule has 1 unspecified atom stereocenters. The van der Waals surface area contributed by atoms with Crippen LogP contribution in [0, 0.1) is 17.8 Å². The maximum absolute atomic E-state index is 13.4. The van der Waals surface area contributed by atoms with Gasteiger partial charge in [0.15, 0.2) is 6.17 Å². The second-order valence-electron chi connectivity index (χ2n) is 9.94. The Balaban J connectivity index is 1.31. The molecule has 28 heavy (non-hydrogen) atoms. The Bertz CT molecular complexity index is 702. The quantitative estimate of drug-likeness (QED) is 0.742. The Morgan fingerprint density at radius 2 is 1.89 bits per heavy atom. The van der Waals surface area contributed by atoms with E-state index in [0.717, 1.165) is 48.7 Å². The number of allylic oxidation sites excluding steroid dienone is 3. The highest BCUT2D eigenvalue weighted by atomic mass is 16.2. The lowest BCUT2D eigenvalue weighted by Crippen LogP contribution is -2.63. The molecule has 0 aromatic rings. The largest absolute Gasteiger partial charge is 0.358 e. The Hall–Kier alpha value is -1.75. The van der Waals surface area contributed by atoms with Crippen LogP contribution in [0.3, 0.4) is 0 Å². The van der Waals surface area contributed by atoms with E-state index < -0.39 is 0 Å². The number of nitrogens with one attached hydrogen (secondary N) is 2. The van der Waals surface area contributed by atoms with E-state index in [1.165, 1.54) is 38.5 Å². The average Bonchev–Trinajstić information content (AvgIpc) is 2.99. The van der Waals surface area contributed by atoms with Gasteiger partial charge in [-0.15, -0.1) is 0 Å². The van der Waals surface area contributed by atoms with Gasteiger partial charge in [-0.25, -0.2) is 0 Å². The molecule has 1 amide bonds. The van der Waals surface area contributed by atoms with E-state index in [1.807, 2.05) is 12.3 Å². The molecule has 0 aromatic carbocycles. The van der Waals surface area contributed by atoms with Gasteiger partial charge in [0.05, 0.1) is 11.4 Å². The molecule has 6 aliphatic rings. The fourth-order valence-corrected chi connectivity index (χ4v) is 6.89. The Morgan fingerprint density at radius 1 is 1.21 bits per heavy atom. The molecule has 5 heteroatoms. The molecule has 0 saturated heterocycles. The number of fused-ring (bicyclic) bond motifs is 1. The van der Waals surface area contributed by atoms with Gasteiger partial charge < -0.3 is 20.4 Å². The van der Waals surface area contributed by atoms with Crippen molar-refractivity contribution in [2.24, 2.45) is 17.8 Å². The molecular formula is C23H34N4O. The molecule has 6 rings (SSSR count). The lowest BCUT2D eigenvalue weighted by Gasteiger charge is -2.57. The minimum atomic E-state index is -0.325. The van der Waals surface area contributed by atoms with E-state index in [0.29, 0.717) is 0 Å². The van der Waals surface area contributed by atoms with Gasteiger partial charge in [-0.1, -0.05) is 13.0 Å². The standard InChI is InChI=1S/C23H34N4O/c1-3-7-26(2)15-19-20-6-4-5-8-27(20)21(24-19)22(28)25-23-12-16-9-17(13-23)11-18(10-16)14-23/h4-6,8,16-18,21,24H,3,7,9-15H2,1-2H3,(H,25,28). The zero-order chi connectivity index (χ0) is 19.3. The van der Waals surface area contributed by atoms with Gasteiger partial charge >= 0.3 is 0 Å². The first-order chi connectivity index (χ1) is 13.5. The third-order valence-corrected chi connectivity index (χ3v) is 7.50. The highest BCUT2D eigenvalue weighted by Gasteiger charge is 2.52. The molecule has 152 valence electrons. The van der Waals surface area contributed by atoms with Crippen LogP contribution in [0.25, 0.3) is 0 Å². The van der Waals surface area contributed by atoms with Crippen LogP contribution in [-0.4, -0.2) is 47.5 Å². The Kier molecular flexibility index (Phi) is 4.53. The maximum atomic E-state index is 13.4. The number of hydrogen-bond donors (Lipinski definition) is 2. The molecule has 2 aliphatic heterocycles. The van der Waals surface area contributed by atoms with Crippen LogP contribution in [0.5, 0.6) is 0 Å². The van der Waals surface area contributed by atoms with Gasteiger partial charge in [0.2, 0.25) is 0 Å². The monoisotopic (exact) mass is 382 g/mol. The number of likely N-dealkylation sites (N-methyl/N-ethyl adjacent to an activating group) is 1. The van der Waals surface area contributed by atoms with Crippen molar-refractivity contribution in [3.8, 4) is 0 Å². The van der Waals surface area contributed by atoms with Gasteiger partial charge in [0.1, 0.15) is 0 Å². The third kappa shape index (κ3) is 3.18. The minimum absolute atomic E-state index is 0.0603. The topological polar surface area (TPSA) is 47.6 Å². The molecule has 2 heterocycles. The molecule has 0 spiro atoms. The first-order valence-corrected chi connectivity index (χ1v) is 11.2. The normalized spacial score (nSPS) is 37.6. The van der Waals surface area contributed by atoms with Crippen molar-refractivity contribution in [1.82, 2.24) is 20.4 Å². The first-order valence-electron chi connectivity index (χ1n) is 11.2. The number of carbonyl (C=O) groups excluding carboxylic acids is 1. The van der Waals surface area contributed by atoms with Crippen molar-refractivity contribution in [3.63, 3.8) is 0 Å². The van der Waals surface area contributed by atoms with E-state index in [4.69, 9.17) is 0 Å². The summed E-state index contributed by atoms with van der Waals surface area (Å²) in [7, 11) is 2.15. The maximum Gasteiger partial charge on any atom is 0.264 e. The van der Waals surface area contributed by atoms with E-state index >= 15 is 0 Å². The molecule has 2 N–H and O–H groups in total. The summed E-state index contributed by atoms with van der Waals surface area (Å²) in [4.78, 5) is 17.9. The molecular weight excluding hydrogens is 348 g/mol. The smallest absolute Gasteiger partial charge is 0.264 e. The molecule has 0 aromatic heterocycles. The molecule has 5 nitrogen and oxygen atoms in total. The molecule has 0 radical (unpaired) electrons. The zero-order valence-electron chi connectivity index (χ0n) is 17.3.